The third-order valence-electron chi connectivity index (χ3n) is 3.06. The summed E-state index contributed by atoms with van der Waals surface area (Å²) < 4.78 is 27.6. The van der Waals surface area contributed by atoms with E-state index in [0.717, 1.165) is 31.0 Å². The molecule has 1 atom stereocenters. The second-order valence-electron chi connectivity index (χ2n) is 4.87. The van der Waals surface area contributed by atoms with Crippen molar-refractivity contribution < 1.29 is 8.42 Å². The molecule has 0 amide bonds. The Labute approximate surface area is 123 Å². The average Bonchev–Trinajstić information content (AvgIpc) is 2.87. The molecule has 0 aromatic carbocycles. The second-order valence-corrected chi connectivity index (χ2v) is 8.36. The molecule has 1 aromatic rings. The first-order valence-corrected chi connectivity index (χ1v) is 8.94. The number of likely N-dealkylation sites (tertiary alicyclic amines) is 1. The number of nitrogens with one attached hydrogen (secondary N) is 1. The van der Waals surface area contributed by atoms with E-state index in [1.165, 1.54) is 12.8 Å². The zero-order chi connectivity index (χ0) is 14.0. The molecule has 0 saturated carbocycles. The molecule has 1 unspecified atom stereocenters. The molecule has 19 heavy (non-hydrogen) atoms. The Bertz CT molecular complexity index is 538. The van der Waals surface area contributed by atoms with Crippen molar-refractivity contribution >= 4 is 33.0 Å². The predicted octanol–water partition coefficient (Wildman–Crippen LogP) is 1.87. The Morgan fingerprint density at radius 3 is 2.63 bits per heavy atom. The van der Waals surface area contributed by atoms with E-state index in [-0.39, 0.29) is 14.7 Å². The van der Waals surface area contributed by atoms with Gasteiger partial charge in [0, 0.05) is 12.6 Å². The van der Waals surface area contributed by atoms with Crippen LogP contribution in [0.2, 0.25) is 4.47 Å². The predicted molar refractivity (Wildman–Crippen MR) is 77.3 cm³/mol. The summed E-state index contributed by atoms with van der Waals surface area (Å²) in [6.07, 6.45) is 2.39. The molecular formula is C11H18ClN3O2S2. The van der Waals surface area contributed by atoms with Crippen molar-refractivity contribution in [3.05, 3.63) is 10.2 Å². The number of hydrogen-bond acceptors (Lipinski definition) is 5. The van der Waals surface area contributed by atoms with Gasteiger partial charge in [-0.15, -0.1) is 0 Å². The minimum absolute atomic E-state index is 0.122. The first-order valence-electron chi connectivity index (χ1n) is 6.26. The van der Waals surface area contributed by atoms with E-state index in [9.17, 15) is 8.42 Å². The van der Waals surface area contributed by atoms with E-state index < -0.39 is 10.0 Å². The molecule has 0 aliphatic carbocycles. The molecule has 0 bridgehead atoms. The van der Waals surface area contributed by atoms with Crippen molar-refractivity contribution in [2.75, 3.05) is 19.6 Å². The highest BCUT2D eigenvalue weighted by Gasteiger charge is 2.24. The maximum Gasteiger partial charge on any atom is 0.252 e. The number of aromatic nitrogens is 1. The summed E-state index contributed by atoms with van der Waals surface area (Å²) in [6, 6.07) is -0.122. The third kappa shape index (κ3) is 3.88. The van der Waals surface area contributed by atoms with E-state index in [2.05, 4.69) is 14.6 Å². The summed E-state index contributed by atoms with van der Waals surface area (Å²) in [5, 5.41) is 0. The first-order chi connectivity index (χ1) is 8.88. The van der Waals surface area contributed by atoms with Gasteiger partial charge < -0.3 is 4.90 Å². The molecule has 0 radical (unpaired) electrons. The van der Waals surface area contributed by atoms with Crippen LogP contribution in [0, 0.1) is 6.92 Å². The molecule has 1 fully saturated rings. The first kappa shape index (κ1) is 15.2. The van der Waals surface area contributed by atoms with Crippen LogP contribution in [0.3, 0.4) is 0 Å². The van der Waals surface area contributed by atoms with Crippen LogP contribution in [-0.2, 0) is 10.0 Å². The molecule has 0 spiro atoms. The molecule has 1 aliphatic heterocycles. The van der Waals surface area contributed by atoms with Gasteiger partial charge in [-0.25, -0.2) is 18.1 Å². The molecule has 1 aliphatic rings. The van der Waals surface area contributed by atoms with Gasteiger partial charge in [0.25, 0.3) is 10.0 Å². The molecule has 1 aromatic heterocycles. The lowest BCUT2D eigenvalue weighted by Gasteiger charge is -2.20. The monoisotopic (exact) mass is 323 g/mol. The number of hydrogen-bond donors (Lipinski definition) is 1. The molecule has 5 nitrogen and oxygen atoms in total. The molecular weight excluding hydrogens is 306 g/mol. The summed E-state index contributed by atoms with van der Waals surface area (Å²) in [5.74, 6) is 0. The summed E-state index contributed by atoms with van der Waals surface area (Å²) >= 11 is 6.75. The van der Waals surface area contributed by atoms with Crippen LogP contribution in [0.5, 0.6) is 0 Å². The van der Waals surface area contributed by atoms with Crippen molar-refractivity contribution in [1.82, 2.24) is 14.6 Å². The van der Waals surface area contributed by atoms with Crippen LogP contribution in [0.1, 0.15) is 25.5 Å². The van der Waals surface area contributed by atoms with E-state index in [0.29, 0.717) is 5.69 Å². The van der Waals surface area contributed by atoms with E-state index >= 15 is 0 Å². The van der Waals surface area contributed by atoms with E-state index in [1.807, 2.05) is 6.92 Å². The van der Waals surface area contributed by atoms with Gasteiger partial charge in [-0.3, -0.25) is 0 Å². The number of rotatable bonds is 5. The third-order valence-corrected chi connectivity index (χ3v) is 6.52. The van der Waals surface area contributed by atoms with Crippen LogP contribution in [0.15, 0.2) is 4.21 Å². The van der Waals surface area contributed by atoms with Crippen molar-refractivity contribution in [2.45, 2.75) is 36.9 Å². The zero-order valence-corrected chi connectivity index (χ0v) is 13.4. The molecule has 2 heterocycles. The van der Waals surface area contributed by atoms with Gasteiger partial charge in [0.05, 0.1) is 5.69 Å². The minimum Gasteiger partial charge on any atom is -0.302 e. The summed E-state index contributed by atoms with van der Waals surface area (Å²) in [5.41, 5.74) is 0.455. The standard InChI is InChI=1S/C11H18ClN3O2S2/c1-8(7-15-5-3-4-6-15)14-19(16,17)10-9(2)13-11(12)18-10/h8,14H,3-7H2,1-2H3. The van der Waals surface area contributed by atoms with E-state index in [4.69, 9.17) is 11.6 Å². The lowest BCUT2D eigenvalue weighted by atomic mass is 10.3. The highest BCUT2D eigenvalue weighted by atomic mass is 35.5. The van der Waals surface area contributed by atoms with Crippen LogP contribution in [0.25, 0.3) is 0 Å². The van der Waals surface area contributed by atoms with Crippen molar-refractivity contribution in [2.24, 2.45) is 0 Å². The van der Waals surface area contributed by atoms with Gasteiger partial charge >= 0.3 is 0 Å². The SMILES string of the molecule is Cc1nc(Cl)sc1S(=O)(=O)NC(C)CN1CCCC1. The lowest BCUT2D eigenvalue weighted by molar-refractivity contribution is 0.313. The quantitative estimate of drug-likeness (QED) is 0.898. The van der Waals surface area contributed by atoms with Gasteiger partial charge in [0.15, 0.2) is 8.68 Å². The topological polar surface area (TPSA) is 62.3 Å². The Morgan fingerprint density at radius 2 is 2.11 bits per heavy atom. The van der Waals surface area contributed by atoms with Crippen molar-refractivity contribution in [3.8, 4) is 0 Å². The van der Waals surface area contributed by atoms with Gasteiger partial charge in [0.2, 0.25) is 0 Å². The number of aryl methyl sites for hydroxylation is 1. The van der Waals surface area contributed by atoms with Gasteiger partial charge in [-0.05, 0) is 39.8 Å². The van der Waals surface area contributed by atoms with Crippen LogP contribution >= 0.6 is 22.9 Å². The molecule has 8 heteroatoms. The molecule has 108 valence electrons. The van der Waals surface area contributed by atoms with E-state index in [1.54, 1.807) is 6.92 Å². The lowest BCUT2D eigenvalue weighted by Crippen LogP contribution is -2.40. The molecule has 2 rings (SSSR count). The van der Waals surface area contributed by atoms with Crippen LogP contribution < -0.4 is 4.72 Å². The van der Waals surface area contributed by atoms with Gasteiger partial charge in [-0.2, -0.15) is 0 Å². The molecule has 1 saturated heterocycles. The fourth-order valence-electron chi connectivity index (χ4n) is 2.31. The maximum atomic E-state index is 12.2. The summed E-state index contributed by atoms with van der Waals surface area (Å²) in [4.78, 5) is 6.22. The zero-order valence-electron chi connectivity index (χ0n) is 11.0. The van der Waals surface area contributed by atoms with Gasteiger partial charge in [-0.1, -0.05) is 22.9 Å². The van der Waals surface area contributed by atoms with Crippen molar-refractivity contribution in [3.63, 3.8) is 0 Å². The number of sulfonamides is 1. The maximum absolute atomic E-state index is 12.2. The fourth-order valence-corrected chi connectivity index (χ4v) is 5.30. The highest BCUT2D eigenvalue weighted by Crippen LogP contribution is 2.26. The number of thiazole rings is 1. The Morgan fingerprint density at radius 1 is 1.47 bits per heavy atom. The smallest absolute Gasteiger partial charge is 0.252 e. The van der Waals surface area contributed by atoms with Gasteiger partial charge in [0.1, 0.15) is 0 Å². The van der Waals surface area contributed by atoms with Crippen LogP contribution in [-0.4, -0.2) is 44.0 Å². The highest BCUT2D eigenvalue weighted by molar-refractivity contribution is 7.91. The minimum atomic E-state index is -3.52. The normalized spacial score (nSPS) is 18.9. The molecule has 1 N–H and O–H groups in total. The average molecular weight is 324 g/mol. The van der Waals surface area contributed by atoms with Crippen LogP contribution in [0.4, 0.5) is 0 Å². The Hall–Kier alpha value is -0.210. The largest absolute Gasteiger partial charge is 0.302 e. The summed E-state index contributed by atoms with van der Waals surface area (Å²) in [6.45, 7) is 6.38. The Kier molecular flexibility index (Phi) is 4.84. The second kappa shape index (κ2) is 6.05. The fraction of sp³-hybridized carbons (Fsp3) is 0.727. The van der Waals surface area contributed by atoms with Crippen molar-refractivity contribution in [1.29, 1.82) is 0 Å². The number of halogens is 1. The Balaban J connectivity index is 2.02. The number of nitrogens with zero attached hydrogens (tertiary/aromatic N) is 2. The summed E-state index contributed by atoms with van der Waals surface area (Å²) in [7, 11) is -3.52.